The van der Waals surface area contributed by atoms with Crippen LogP contribution in [0.4, 0.5) is 17.1 Å². The number of benzene rings is 10. The summed E-state index contributed by atoms with van der Waals surface area (Å²) in [5, 5.41) is 7.58. The van der Waals surface area contributed by atoms with Gasteiger partial charge in [0.15, 0.2) is 0 Å². The number of anilines is 3. The van der Waals surface area contributed by atoms with Crippen molar-refractivity contribution < 1.29 is 0 Å². The van der Waals surface area contributed by atoms with E-state index in [1.54, 1.807) is 0 Å². The van der Waals surface area contributed by atoms with Gasteiger partial charge in [-0.2, -0.15) is 0 Å². The van der Waals surface area contributed by atoms with E-state index < -0.39 is 0 Å². The number of nitrogens with zero attached hydrogens (tertiary/aromatic N) is 1. The molecule has 0 aromatic heterocycles. The normalized spacial score (nSPS) is 12.8. The Bertz CT molecular complexity index is 3190. The maximum Gasteiger partial charge on any atom is 0.0467 e. The van der Waals surface area contributed by atoms with Crippen LogP contribution in [0.15, 0.2) is 212 Å². The standard InChI is InChI=1S/C57H41N/c1-57(2)55-21-10-9-20-52(55)53-33-28-44(37-56(53)57)39-24-29-46(30-25-39)58(48-16-11-15-42(35-48)43-23-22-38-12-3-4-13-41(38)34-43)47-31-26-40(27-32-47)54-36-45-14-5-6-17-49(45)50-18-7-8-19-51(50)54/h3-37H,1-2H3. The quantitative estimate of drug-likeness (QED) is 0.154. The molecule has 0 spiro atoms. The van der Waals surface area contributed by atoms with E-state index in [0.717, 1.165) is 17.1 Å². The summed E-state index contributed by atoms with van der Waals surface area (Å²) in [5.41, 5.74) is 16.1. The lowest BCUT2D eigenvalue weighted by Gasteiger charge is -2.27. The Labute approximate surface area is 340 Å². The predicted octanol–water partition coefficient (Wildman–Crippen LogP) is 15.9. The number of hydrogen-bond donors (Lipinski definition) is 0. The Morgan fingerprint density at radius 1 is 0.293 bits per heavy atom. The summed E-state index contributed by atoms with van der Waals surface area (Å²) in [6.45, 7) is 4.70. The molecule has 11 rings (SSSR count). The maximum atomic E-state index is 2.41. The summed E-state index contributed by atoms with van der Waals surface area (Å²) >= 11 is 0. The van der Waals surface area contributed by atoms with Gasteiger partial charge in [0.2, 0.25) is 0 Å². The summed E-state index contributed by atoms with van der Waals surface area (Å²) in [6.07, 6.45) is 0. The maximum absolute atomic E-state index is 2.41. The van der Waals surface area contributed by atoms with Crippen molar-refractivity contribution >= 4 is 49.4 Å². The van der Waals surface area contributed by atoms with Crippen LogP contribution in [0.3, 0.4) is 0 Å². The van der Waals surface area contributed by atoms with Crippen LogP contribution in [0.5, 0.6) is 0 Å². The Morgan fingerprint density at radius 2 is 0.862 bits per heavy atom. The van der Waals surface area contributed by atoms with Crippen LogP contribution in [0.1, 0.15) is 25.0 Å². The second kappa shape index (κ2) is 13.5. The molecule has 10 aromatic rings. The highest BCUT2D eigenvalue weighted by Crippen LogP contribution is 2.50. The summed E-state index contributed by atoms with van der Waals surface area (Å²) in [7, 11) is 0. The highest BCUT2D eigenvalue weighted by atomic mass is 15.1. The van der Waals surface area contributed by atoms with Gasteiger partial charge in [-0.1, -0.05) is 172 Å². The Morgan fingerprint density at radius 3 is 1.66 bits per heavy atom. The van der Waals surface area contributed by atoms with E-state index in [4.69, 9.17) is 0 Å². The molecule has 0 amide bonds. The molecule has 0 saturated heterocycles. The van der Waals surface area contributed by atoms with Crippen molar-refractivity contribution in [2.24, 2.45) is 0 Å². The zero-order valence-corrected chi connectivity index (χ0v) is 32.7. The molecular weight excluding hydrogens is 699 g/mol. The van der Waals surface area contributed by atoms with E-state index in [2.05, 4.69) is 231 Å². The van der Waals surface area contributed by atoms with Crippen LogP contribution in [-0.2, 0) is 5.41 Å². The third-order valence-electron chi connectivity index (χ3n) is 12.4. The van der Waals surface area contributed by atoms with Crippen LogP contribution in [0, 0.1) is 0 Å². The molecule has 0 N–H and O–H groups in total. The van der Waals surface area contributed by atoms with E-state index in [1.807, 2.05) is 0 Å². The van der Waals surface area contributed by atoms with Gasteiger partial charge in [0.05, 0.1) is 0 Å². The van der Waals surface area contributed by atoms with Crippen LogP contribution in [0.2, 0.25) is 0 Å². The molecule has 0 heterocycles. The molecular formula is C57H41N. The average Bonchev–Trinajstić information content (AvgIpc) is 3.52. The van der Waals surface area contributed by atoms with Gasteiger partial charge < -0.3 is 4.90 Å². The predicted molar refractivity (Wildman–Crippen MR) is 248 cm³/mol. The first-order valence-electron chi connectivity index (χ1n) is 20.2. The Hall–Kier alpha value is -7.22. The smallest absolute Gasteiger partial charge is 0.0467 e. The lowest BCUT2D eigenvalue weighted by molar-refractivity contribution is 0.660. The fraction of sp³-hybridized carbons (Fsp3) is 0.0526. The molecule has 1 aliphatic carbocycles. The summed E-state index contributed by atoms with van der Waals surface area (Å²) < 4.78 is 0. The first-order chi connectivity index (χ1) is 28.5. The van der Waals surface area contributed by atoms with Crippen molar-refractivity contribution in [2.45, 2.75) is 19.3 Å². The van der Waals surface area contributed by atoms with Gasteiger partial charge in [-0.05, 0) is 143 Å². The Balaban J connectivity index is 1.01. The van der Waals surface area contributed by atoms with E-state index >= 15 is 0 Å². The average molecular weight is 740 g/mol. The first-order valence-corrected chi connectivity index (χ1v) is 20.2. The van der Waals surface area contributed by atoms with Gasteiger partial charge >= 0.3 is 0 Å². The van der Waals surface area contributed by atoms with Gasteiger partial charge in [-0.3, -0.25) is 0 Å². The van der Waals surface area contributed by atoms with Crippen molar-refractivity contribution in [2.75, 3.05) is 4.90 Å². The molecule has 0 radical (unpaired) electrons. The first kappa shape index (κ1) is 34.1. The summed E-state index contributed by atoms with van der Waals surface area (Å²) in [4.78, 5) is 2.39. The van der Waals surface area contributed by atoms with Crippen LogP contribution in [-0.4, -0.2) is 0 Å². The van der Waals surface area contributed by atoms with Crippen LogP contribution >= 0.6 is 0 Å². The molecule has 0 atom stereocenters. The molecule has 0 unspecified atom stereocenters. The summed E-state index contributed by atoms with van der Waals surface area (Å²) in [6, 6.07) is 78.2. The number of fused-ring (bicyclic) bond motifs is 7. The van der Waals surface area contributed by atoms with Gasteiger partial charge in [0.25, 0.3) is 0 Å². The van der Waals surface area contributed by atoms with Gasteiger partial charge in [0, 0.05) is 22.5 Å². The van der Waals surface area contributed by atoms with E-state index in [0.29, 0.717) is 0 Å². The zero-order chi connectivity index (χ0) is 38.8. The molecule has 1 nitrogen and oxygen atoms in total. The molecule has 0 fully saturated rings. The molecule has 0 bridgehead atoms. The Kier molecular flexibility index (Phi) is 7.91. The van der Waals surface area contributed by atoms with Gasteiger partial charge in [0.1, 0.15) is 0 Å². The van der Waals surface area contributed by atoms with Crippen LogP contribution in [0.25, 0.3) is 76.8 Å². The van der Waals surface area contributed by atoms with Crippen molar-refractivity contribution in [1.29, 1.82) is 0 Å². The third-order valence-corrected chi connectivity index (χ3v) is 12.4. The molecule has 0 saturated carbocycles. The molecule has 1 aliphatic rings. The summed E-state index contributed by atoms with van der Waals surface area (Å²) in [5.74, 6) is 0. The fourth-order valence-electron chi connectivity index (χ4n) is 9.41. The van der Waals surface area contributed by atoms with Crippen LogP contribution < -0.4 is 4.90 Å². The van der Waals surface area contributed by atoms with Crippen molar-refractivity contribution in [3.63, 3.8) is 0 Å². The highest BCUT2D eigenvalue weighted by Gasteiger charge is 2.35. The minimum absolute atomic E-state index is 0.0416. The second-order valence-electron chi connectivity index (χ2n) is 16.2. The van der Waals surface area contributed by atoms with Crippen molar-refractivity contribution in [1.82, 2.24) is 0 Å². The molecule has 274 valence electrons. The van der Waals surface area contributed by atoms with Crippen molar-refractivity contribution in [3.8, 4) is 44.5 Å². The lowest BCUT2D eigenvalue weighted by atomic mass is 9.81. The van der Waals surface area contributed by atoms with E-state index in [9.17, 15) is 0 Å². The monoisotopic (exact) mass is 739 g/mol. The topological polar surface area (TPSA) is 3.24 Å². The van der Waals surface area contributed by atoms with Crippen molar-refractivity contribution in [3.05, 3.63) is 223 Å². The lowest BCUT2D eigenvalue weighted by Crippen LogP contribution is -2.14. The van der Waals surface area contributed by atoms with Gasteiger partial charge in [-0.15, -0.1) is 0 Å². The molecule has 58 heavy (non-hydrogen) atoms. The molecule has 10 aromatic carbocycles. The number of hydrogen-bond acceptors (Lipinski definition) is 1. The minimum atomic E-state index is -0.0416. The molecule has 1 heteroatoms. The zero-order valence-electron chi connectivity index (χ0n) is 32.7. The number of rotatable bonds is 6. The van der Waals surface area contributed by atoms with E-state index in [1.165, 1.54) is 88.0 Å². The molecule has 0 aliphatic heterocycles. The third kappa shape index (κ3) is 5.62. The SMILES string of the molecule is CC1(C)c2ccccc2-c2ccc(-c3ccc(N(c4ccc(-c5cc6ccccc6c6ccccc56)cc4)c4cccc(-c5ccc6ccccc6c5)c4)cc3)cc21. The minimum Gasteiger partial charge on any atom is -0.310 e. The second-order valence-corrected chi connectivity index (χ2v) is 16.2. The highest BCUT2D eigenvalue weighted by molar-refractivity contribution is 6.13. The fourth-order valence-corrected chi connectivity index (χ4v) is 9.41. The largest absolute Gasteiger partial charge is 0.310 e. The van der Waals surface area contributed by atoms with E-state index in [-0.39, 0.29) is 5.41 Å². The van der Waals surface area contributed by atoms with Gasteiger partial charge in [-0.25, -0.2) is 0 Å².